The summed E-state index contributed by atoms with van der Waals surface area (Å²) in [6, 6.07) is 7.94. The van der Waals surface area contributed by atoms with Crippen LogP contribution in [-0.4, -0.2) is 31.8 Å². The molecule has 0 amide bonds. The van der Waals surface area contributed by atoms with Crippen LogP contribution in [0.25, 0.3) is 27.5 Å². The Morgan fingerprint density at radius 2 is 1.19 bits per heavy atom. The molecule has 11 rings (SSSR count). The molecular weight excluding hydrogens is 520 g/mol. The lowest BCUT2D eigenvalue weighted by Gasteiger charge is -2.57. The Morgan fingerprint density at radius 1 is 0.714 bits per heavy atom. The predicted octanol–water partition coefficient (Wildman–Crippen LogP) is 7.43. The average Bonchev–Trinajstić information content (AvgIpc) is 3.36. The van der Waals surface area contributed by atoms with E-state index in [1.807, 2.05) is 25.2 Å². The van der Waals surface area contributed by atoms with Gasteiger partial charge < -0.3 is 4.74 Å². The minimum atomic E-state index is 0.0953. The van der Waals surface area contributed by atoms with E-state index >= 15 is 0 Å². The molecule has 216 valence electrons. The maximum Gasteiger partial charge on any atom is 0.211 e. The van der Waals surface area contributed by atoms with Gasteiger partial charge in [-0.3, -0.25) is 0 Å². The topological polar surface area (TPSA) is 70.1 Å². The summed E-state index contributed by atoms with van der Waals surface area (Å²) >= 11 is 0. The van der Waals surface area contributed by atoms with Gasteiger partial charge in [0.05, 0.1) is 19.4 Å². The van der Waals surface area contributed by atoms with Gasteiger partial charge in [0.1, 0.15) is 11.6 Å². The smallest absolute Gasteiger partial charge is 0.211 e. The highest BCUT2D eigenvalue weighted by molar-refractivity contribution is 5.75. The summed E-state index contributed by atoms with van der Waals surface area (Å²) in [6.45, 7) is 7.91. The van der Waals surface area contributed by atoms with E-state index in [1.165, 1.54) is 77.0 Å². The Labute approximate surface area is 248 Å². The molecule has 1 aromatic carbocycles. The van der Waals surface area contributed by atoms with Crippen molar-refractivity contribution in [3.05, 3.63) is 47.3 Å². The molecule has 0 aliphatic heterocycles. The maximum atomic E-state index is 7.91. The second-order valence-corrected chi connectivity index (χ2v) is 15.3. The summed E-state index contributed by atoms with van der Waals surface area (Å²) < 4.78 is 7.23. The molecule has 8 aliphatic rings. The number of ether oxygens (including phenoxy) is 1. The second-order valence-electron chi connectivity index (χ2n) is 15.3. The standard InChI is InChI=1S/C35H40N6O/c1-36-28-11-26(29-13-30(42-3)41(2)40-29)10-27(12-28)31-37-32(34-14-20-4-21(15-34)6-22(5-20)16-34)39-33(38-31)35-17-23-7-24(18-35)9-25(8-23)19-35/h10-13,20-25H,4-9,14-19H2,2-3H3. The Balaban J connectivity index is 1.21. The largest absolute Gasteiger partial charge is 0.481 e. The van der Waals surface area contributed by atoms with Crippen LogP contribution in [0.4, 0.5) is 5.69 Å². The first-order valence-electron chi connectivity index (χ1n) is 16.3. The minimum absolute atomic E-state index is 0.0953. The highest BCUT2D eigenvalue weighted by Crippen LogP contribution is 2.62. The molecule has 8 bridgehead atoms. The van der Waals surface area contributed by atoms with E-state index in [0.29, 0.717) is 11.6 Å². The van der Waals surface area contributed by atoms with E-state index in [4.69, 9.17) is 26.3 Å². The molecule has 0 spiro atoms. The van der Waals surface area contributed by atoms with Crippen molar-refractivity contribution in [2.24, 2.45) is 42.6 Å². The van der Waals surface area contributed by atoms with Crippen LogP contribution in [0.1, 0.15) is 88.7 Å². The van der Waals surface area contributed by atoms with E-state index in [0.717, 1.165) is 69.8 Å². The van der Waals surface area contributed by atoms with Crippen molar-refractivity contribution in [2.75, 3.05) is 7.11 Å². The van der Waals surface area contributed by atoms with Gasteiger partial charge in [-0.15, -0.1) is 0 Å². The number of aryl methyl sites for hydroxylation is 1. The van der Waals surface area contributed by atoms with Crippen molar-refractivity contribution in [2.45, 2.75) is 87.9 Å². The van der Waals surface area contributed by atoms with Crippen LogP contribution in [0.2, 0.25) is 0 Å². The molecule has 8 aliphatic carbocycles. The summed E-state index contributed by atoms with van der Waals surface area (Å²) in [6.07, 6.45) is 15.9. The van der Waals surface area contributed by atoms with E-state index in [2.05, 4.69) is 16.0 Å². The number of rotatable bonds is 5. The molecule has 2 aromatic heterocycles. The van der Waals surface area contributed by atoms with Crippen LogP contribution < -0.4 is 4.74 Å². The molecule has 8 fully saturated rings. The zero-order valence-corrected chi connectivity index (χ0v) is 24.9. The molecule has 2 heterocycles. The molecule has 0 unspecified atom stereocenters. The Morgan fingerprint density at radius 3 is 1.62 bits per heavy atom. The Hall–Kier alpha value is -3.27. The predicted molar refractivity (Wildman–Crippen MR) is 160 cm³/mol. The number of nitrogens with zero attached hydrogens (tertiary/aromatic N) is 6. The van der Waals surface area contributed by atoms with Gasteiger partial charge in [-0.1, -0.05) is 0 Å². The van der Waals surface area contributed by atoms with E-state index < -0.39 is 0 Å². The first-order chi connectivity index (χ1) is 20.4. The van der Waals surface area contributed by atoms with Crippen LogP contribution in [0.5, 0.6) is 5.88 Å². The molecule has 0 N–H and O–H groups in total. The average molecular weight is 561 g/mol. The van der Waals surface area contributed by atoms with Crippen molar-refractivity contribution in [3.63, 3.8) is 0 Å². The lowest BCUT2D eigenvalue weighted by Crippen LogP contribution is -2.51. The zero-order valence-electron chi connectivity index (χ0n) is 24.9. The summed E-state index contributed by atoms with van der Waals surface area (Å²) in [5.41, 5.74) is 3.36. The van der Waals surface area contributed by atoms with E-state index in [-0.39, 0.29) is 10.8 Å². The molecule has 0 atom stereocenters. The van der Waals surface area contributed by atoms with Gasteiger partial charge in [-0.2, -0.15) is 5.10 Å². The molecule has 7 nitrogen and oxygen atoms in total. The third-order valence-electron chi connectivity index (χ3n) is 12.3. The van der Waals surface area contributed by atoms with Gasteiger partial charge in [0.15, 0.2) is 11.5 Å². The molecule has 42 heavy (non-hydrogen) atoms. The highest BCUT2D eigenvalue weighted by atomic mass is 16.5. The van der Waals surface area contributed by atoms with E-state index in [1.54, 1.807) is 11.8 Å². The second kappa shape index (κ2) is 8.88. The van der Waals surface area contributed by atoms with Gasteiger partial charge >= 0.3 is 0 Å². The maximum absolute atomic E-state index is 7.91. The summed E-state index contributed by atoms with van der Waals surface area (Å²) in [5, 5.41) is 4.69. The Bertz CT molecular complexity index is 1500. The summed E-state index contributed by atoms with van der Waals surface area (Å²) in [7, 11) is 3.54. The van der Waals surface area contributed by atoms with E-state index in [9.17, 15) is 0 Å². The van der Waals surface area contributed by atoms with Crippen LogP contribution in [0.15, 0.2) is 24.3 Å². The normalized spacial score (nSPS) is 37.3. The third-order valence-corrected chi connectivity index (χ3v) is 12.3. The molecule has 7 heteroatoms. The van der Waals surface area contributed by atoms with Crippen LogP contribution in [-0.2, 0) is 17.9 Å². The van der Waals surface area contributed by atoms with Crippen molar-refractivity contribution in [1.29, 1.82) is 0 Å². The fourth-order valence-electron chi connectivity index (χ4n) is 11.5. The number of hydrogen-bond acceptors (Lipinski definition) is 5. The monoisotopic (exact) mass is 560 g/mol. The van der Waals surface area contributed by atoms with Gasteiger partial charge in [-0.05, 0) is 136 Å². The first kappa shape index (κ1) is 25.2. The molecular formula is C35H40N6O. The van der Waals surface area contributed by atoms with Crippen molar-refractivity contribution in [3.8, 4) is 28.5 Å². The summed E-state index contributed by atoms with van der Waals surface area (Å²) in [5.74, 6) is 8.58. The zero-order chi connectivity index (χ0) is 28.2. The fraction of sp³-hybridized carbons (Fsp3) is 0.629. The van der Waals surface area contributed by atoms with Gasteiger partial charge in [-0.25, -0.2) is 24.5 Å². The van der Waals surface area contributed by atoms with Crippen LogP contribution in [0, 0.1) is 42.1 Å². The minimum Gasteiger partial charge on any atom is -0.481 e. The van der Waals surface area contributed by atoms with Crippen molar-refractivity contribution in [1.82, 2.24) is 24.7 Å². The van der Waals surface area contributed by atoms with Gasteiger partial charge in [0, 0.05) is 29.5 Å². The highest BCUT2D eigenvalue weighted by Gasteiger charge is 2.56. The van der Waals surface area contributed by atoms with Crippen molar-refractivity contribution >= 4 is 5.69 Å². The summed E-state index contributed by atoms with van der Waals surface area (Å²) in [4.78, 5) is 20.2. The number of benzene rings is 1. The van der Waals surface area contributed by atoms with Crippen LogP contribution >= 0.6 is 0 Å². The lowest BCUT2D eigenvalue weighted by molar-refractivity contribution is -0.0155. The number of methoxy groups -OCH3 is 1. The SMILES string of the molecule is [C-]#[N+]c1cc(-c2cc(OC)n(C)n2)cc(-c2nc(C34CC5CC(CC(C5)C3)C4)nc(C34CC5CC(CC(C5)C3)C4)n2)c1. The van der Waals surface area contributed by atoms with Gasteiger partial charge in [0.2, 0.25) is 5.88 Å². The molecule has 3 aromatic rings. The first-order valence-corrected chi connectivity index (χ1v) is 16.3. The van der Waals surface area contributed by atoms with Gasteiger partial charge in [0.25, 0.3) is 0 Å². The fourth-order valence-corrected chi connectivity index (χ4v) is 11.5. The molecule has 0 saturated heterocycles. The van der Waals surface area contributed by atoms with Crippen LogP contribution in [0.3, 0.4) is 0 Å². The van der Waals surface area contributed by atoms with Crippen molar-refractivity contribution < 1.29 is 4.74 Å². The third kappa shape index (κ3) is 3.82. The molecule has 8 saturated carbocycles. The number of hydrogen-bond donors (Lipinski definition) is 0. The number of aromatic nitrogens is 5. The quantitative estimate of drug-likeness (QED) is 0.304. The lowest BCUT2D eigenvalue weighted by atomic mass is 9.49. The Kier molecular flexibility index (Phi) is 5.34. The molecule has 0 radical (unpaired) electrons.